The van der Waals surface area contributed by atoms with Gasteiger partial charge in [0.05, 0.1) is 0 Å². The summed E-state index contributed by atoms with van der Waals surface area (Å²) in [7, 11) is 0. The van der Waals surface area contributed by atoms with E-state index in [1.165, 1.54) is 73.4 Å². The van der Waals surface area contributed by atoms with Crippen molar-refractivity contribution in [2.45, 2.75) is 97.8 Å². The number of benzene rings is 1. The van der Waals surface area contributed by atoms with Crippen molar-refractivity contribution in [1.82, 2.24) is 0 Å². The fraction of sp³-hybridized carbons (Fsp3) is 0.625. The average molecular weight is 357 g/mol. The van der Waals surface area contributed by atoms with E-state index in [-0.39, 0.29) is 5.63 Å². The molecule has 2 rings (SSSR count). The molecule has 0 atom stereocenters. The Morgan fingerprint density at radius 3 is 1.81 bits per heavy atom. The van der Waals surface area contributed by atoms with Crippen molar-refractivity contribution in [2.24, 2.45) is 0 Å². The first kappa shape index (κ1) is 20.7. The molecule has 1 aromatic heterocycles. The van der Waals surface area contributed by atoms with Gasteiger partial charge in [0.25, 0.3) is 0 Å². The number of rotatable bonds is 12. The third kappa shape index (κ3) is 6.00. The van der Waals surface area contributed by atoms with E-state index in [4.69, 9.17) is 4.42 Å². The van der Waals surface area contributed by atoms with Gasteiger partial charge in [0.2, 0.25) is 0 Å². The zero-order valence-electron chi connectivity index (χ0n) is 17.0. The molecule has 0 saturated carbocycles. The van der Waals surface area contributed by atoms with Crippen LogP contribution in [0.5, 0.6) is 0 Å². The molecule has 2 aromatic rings. The molecular weight excluding hydrogens is 320 g/mol. The van der Waals surface area contributed by atoms with Crippen LogP contribution in [0.15, 0.2) is 27.4 Å². The Morgan fingerprint density at radius 2 is 1.23 bits per heavy atom. The molecule has 0 saturated heterocycles. The maximum absolute atomic E-state index is 12.1. The van der Waals surface area contributed by atoms with E-state index in [1.54, 1.807) is 6.07 Å². The minimum Gasteiger partial charge on any atom is -0.423 e. The molecule has 0 aliphatic heterocycles. The molecule has 0 spiro atoms. The molecule has 0 aliphatic rings. The fourth-order valence-corrected chi connectivity index (χ4v) is 3.78. The molecule has 144 valence electrons. The summed E-state index contributed by atoms with van der Waals surface area (Å²) in [4.78, 5) is 12.1. The zero-order valence-corrected chi connectivity index (χ0v) is 17.0. The van der Waals surface area contributed by atoms with Gasteiger partial charge in [0, 0.05) is 11.5 Å². The van der Waals surface area contributed by atoms with Crippen LogP contribution in [0, 0.1) is 0 Å². The van der Waals surface area contributed by atoms with Crippen molar-refractivity contribution < 1.29 is 4.42 Å². The number of unbranched alkanes of at least 4 members (excludes halogenated alkanes) is 6. The molecule has 26 heavy (non-hydrogen) atoms. The second-order valence-corrected chi connectivity index (χ2v) is 7.59. The van der Waals surface area contributed by atoms with Gasteiger partial charge in [-0.05, 0) is 61.3 Å². The van der Waals surface area contributed by atoms with Gasteiger partial charge in [-0.2, -0.15) is 0 Å². The normalized spacial score (nSPS) is 11.3. The van der Waals surface area contributed by atoms with Crippen molar-refractivity contribution in [3.63, 3.8) is 0 Å². The summed E-state index contributed by atoms with van der Waals surface area (Å²) < 4.78 is 5.65. The Balaban J connectivity index is 2.41. The topological polar surface area (TPSA) is 30.2 Å². The van der Waals surface area contributed by atoms with Gasteiger partial charge in [-0.15, -0.1) is 0 Å². The highest BCUT2D eigenvalue weighted by Gasteiger charge is 2.12. The average Bonchev–Trinajstić information content (AvgIpc) is 2.61. The van der Waals surface area contributed by atoms with Gasteiger partial charge >= 0.3 is 5.63 Å². The molecule has 0 amide bonds. The predicted octanol–water partition coefficient (Wildman–Crippen LogP) is 6.99. The highest BCUT2D eigenvalue weighted by atomic mass is 16.4. The highest BCUT2D eigenvalue weighted by molar-refractivity contribution is 5.84. The van der Waals surface area contributed by atoms with Crippen LogP contribution in [0.2, 0.25) is 0 Å². The molecular formula is C24H36O2. The number of hydrogen-bond acceptors (Lipinski definition) is 2. The first-order valence-corrected chi connectivity index (χ1v) is 10.8. The van der Waals surface area contributed by atoms with Crippen molar-refractivity contribution in [2.75, 3.05) is 0 Å². The van der Waals surface area contributed by atoms with Crippen LogP contribution in [0.4, 0.5) is 0 Å². The molecule has 2 nitrogen and oxygen atoms in total. The molecule has 0 N–H and O–H groups in total. The van der Waals surface area contributed by atoms with Crippen LogP contribution >= 0.6 is 0 Å². The summed E-state index contributed by atoms with van der Waals surface area (Å²) in [5.41, 5.74) is 4.51. The van der Waals surface area contributed by atoms with E-state index in [1.807, 2.05) is 0 Å². The van der Waals surface area contributed by atoms with Crippen LogP contribution in [0.1, 0.15) is 95.2 Å². The van der Waals surface area contributed by atoms with E-state index in [0.29, 0.717) is 0 Å². The Labute approximate surface area is 159 Å². The SMILES string of the molecule is CCCCCc1cc(CCCCC)c2c(CCCCC)cc(=O)oc2c1. The lowest BCUT2D eigenvalue weighted by atomic mass is 9.93. The smallest absolute Gasteiger partial charge is 0.336 e. The number of fused-ring (bicyclic) bond motifs is 1. The molecule has 0 radical (unpaired) electrons. The monoisotopic (exact) mass is 356 g/mol. The van der Waals surface area contributed by atoms with Crippen LogP contribution in [-0.4, -0.2) is 0 Å². The molecule has 1 heterocycles. The van der Waals surface area contributed by atoms with Crippen LogP contribution in [0.3, 0.4) is 0 Å². The Kier molecular flexibility index (Phi) is 8.94. The standard InChI is InChI=1S/C24H36O2/c1-4-7-10-13-19-16-20(14-11-8-5-2)24-21(15-12-9-6-3)18-23(25)26-22(24)17-19/h16-18H,4-15H2,1-3H3. The second-order valence-electron chi connectivity index (χ2n) is 7.59. The lowest BCUT2D eigenvalue weighted by molar-refractivity contribution is 0.556. The van der Waals surface area contributed by atoms with Crippen molar-refractivity contribution >= 4 is 11.0 Å². The van der Waals surface area contributed by atoms with Gasteiger partial charge in [-0.3, -0.25) is 0 Å². The number of hydrogen-bond donors (Lipinski definition) is 0. The Bertz CT molecular complexity index is 727. The largest absolute Gasteiger partial charge is 0.423 e. The molecule has 1 aromatic carbocycles. The second kappa shape index (κ2) is 11.2. The van der Waals surface area contributed by atoms with E-state index < -0.39 is 0 Å². The Morgan fingerprint density at radius 1 is 0.692 bits per heavy atom. The summed E-state index contributed by atoms with van der Waals surface area (Å²) in [6.45, 7) is 6.70. The van der Waals surface area contributed by atoms with Gasteiger partial charge in [-0.1, -0.05) is 65.4 Å². The van der Waals surface area contributed by atoms with E-state index in [0.717, 1.165) is 31.3 Å². The van der Waals surface area contributed by atoms with Gasteiger partial charge in [0.15, 0.2) is 0 Å². The Hall–Kier alpha value is -1.57. The fourth-order valence-electron chi connectivity index (χ4n) is 3.78. The van der Waals surface area contributed by atoms with Crippen LogP contribution < -0.4 is 5.63 Å². The summed E-state index contributed by atoms with van der Waals surface area (Å²) in [6.07, 6.45) is 14.1. The van der Waals surface area contributed by atoms with Crippen LogP contribution in [0.25, 0.3) is 11.0 Å². The lowest BCUT2D eigenvalue weighted by Gasteiger charge is -2.13. The quantitative estimate of drug-likeness (QED) is 0.303. The first-order chi connectivity index (χ1) is 12.7. The molecule has 0 fully saturated rings. The van der Waals surface area contributed by atoms with Gasteiger partial charge in [-0.25, -0.2) is 4.79 Å². The lowest BCUT2D eigenvalue weighted by Crippen LogP contribution is -2.04. The van der Waals surface area contributed by atoms with Crippen molar-refractivity contribution in [1.29, 1.82) is 0 Å². The van der Waals surface area contributed by atoms with E-state index >= 15 is 0 Å². The van der Waals surface area contributed by atoms with Crippen molar-refractivity contribution in [3.05, 3.63) is 45.3 Å². The van der Waals surface area contributed by atoms with E-state index in [2.05, 4.69) is 32.9 Å². The maximum atomic E-state index is 12.1. The summed E-state index contributed by atoms with van der Waals surface area (Å²) in [5.74, 6) is 0. The number of aryl methyl sites for hydroxylation is 3. The predicted molar refractivity (Wildman–Crippen MR) is 112 cm³/mol. The van der Waals surface area contributed by atoms with E-state index in [9.17, 15) is 4.79 Å². The zero-order chi connectivity index (χ0) is 18.8. The summed E-state index contributed by atoms with van der Waals surface area (Å²) in [6, 6.07) is 6.24. The summed E-state index contributed by atoms with van der Waals surface area (Å²) >= 11 is 0. The molecule has 0 bridgehead atoms. The molecule has 0 aliphatic carbocycles. The van der Waals surface area contributed by atoms with Gasteiger partial charge in [0.1, 0.15) is 5.58 Å². The van der Waals surface area contributed by atoms with Crippen LogP contribution in [-0.2, 0) is 19.3 Å². The molecule has 0 unspecified atom stereocenters. The summed E-state index contributed by atoms with van der Waals surface area (Å²) in [5, 5.41) is 1.22. The third-order valence-electron chi connectivity index (χ3n) is 5.24. The molecule has 2 heteroatoms. The first-order valence-electron chi connectivity index (χ1n) is 10.8. The third-order valence-corrected chi connectivity index (χ3v) is 5.24. The van der Waals surface area contributed by atoms with Crippen molar-refractivity contribution in [3.8, 4) is 0 Å². The minimum atomic E-state index is -0.200. The maximum Gasteiger partial charge on any atom is 0.336 e. The highest BCUT2D eigenvalue weighted by Crippen LogP contribution is 2.27. The minimum absolute atomic E-state index is 0.200. The van der Waals surface area contributed by atoms with Gasteiger partial charge < -0.3 is 4.42 Å².